The van der Waals surface area contributed by atoms with Crippen molar-refractivity contribution in [3.05, 3.63) is 59.1 Å². The average Bonchev–Trinajstić information content (AvgIpc) is 2.71. The van der Waals surface area contributed by atoms with Crippen LogP contribution in [0.1, 0.15) is 11.6 Å². The van der Waals surface area contributed by atoms with Crippen LogP contribution in [0.15, 0.2) is 48.5 Å². The van der Waals surface area contributed by atoms with Crippen molar-refractivity contribution in [1.82, 2.24) is 10.2 Å². The predicted octanol–water partition coefficient (Wildman–Crippen LogP) is 3.60. The largest absolute Gasteiger partial charge is 0.379 e. The van der Waals surface area contributed by atoms with E-state index in [4.69, 9.17) is 16.3 Å². The lowest BCUT2D eigenvalue weighted by molar-refractivity contribution is 0.0168. The molecule has 0 radical (unpaired) electrons. The number of morpholine rings is 1. The molecule has 2 aromatic rings. The Hall–Kier alpha value is -2.28. The highest BCUT2D eigenvalue weighted by molar-refractivity contribution is 6.30. The number of ether oxygens (including phenoxy) is 1. The van der Waals surface area contributed by atoms with Gasteiger partial charge < -0.3 is 20.3 Å². The highest BCUT2D eigenvalue weighted by Gasteiger charge is 2.23. The van der Waals surface area contributed by atoms with Gasteiger partial charge in [0.15, 0.2) is 0 Å². The molecule has 1 saturated heterocycles. The maximum Gasteiger partial charge on any atom is 0.319 e. The Labute approximate surface area is 171 Å². The van der Waals surface area contributed by atoms with Gasteiger partial charge in [-0.05, 0) is 42.0 Å². The zero-order valence-corrected chi connectivity index (χ0v) is 17.1. The molecule has 0 aromatic heterocycles. The molecular weight excluding hydrogens is 376 g/mol. The van der Waals surface area contributed by atoms with Crippen LogP contribution >= 0.6 is 11.6 Å². The summed E-state index contributed by atoms with van der Waals surface area (Å²) >= 11 is 5.89. The molecule has 0 unspecified atom stereocenters. The second kappa shape index (κ2) is 9.78. The number of anilines is 2. The predicted molar refractivity (Wildman–Crippen MR) is 114 cm³/mol. The molecule has 1 fully saturated rings. The SMILES string of the molecule is CN(C)c1ccc([C@@H](CNC(=O)Nc2ccc(Cl)cc2)N2CCOCC2)cc1. The minimum atomic E-state index is -0.231. The quantitative estimate of drug-likeness (QED) is 0.775. The van der Waals surface area contributed by atoms with E-state index >= 15 is 0 Å². The summed E-state index contributed by atoms with van der Waals surface area (Å²) in [5, 5.41) is 6.49. The fraction of sp³-hybridized carbons (Fsp3) is 0.381. The normalized spacial score (nSPS) is 15.7. The number of carbonyl (C=O) groups is 1. The van der Waals surface area contributed by atoms with Crippen LogP contribution in [0.2, 0.25) is 5.02 Å². The van der Waals surface area contributed by atoms with Crippen LogP contribution < -0.4 is 15.5 Å². The molecule has 28 heavy (non-hydrogen) atoms. The fourth-order valence-electron chi connectivity index (χ4n) is 3.24. The Bertz CT molecular complexity index is 759. The Balaban J connectivity index is 1.66. The molecule has 2 amide bonds. The van der Waals surface area contributed by atoms with Crippen molar-refractivity contribution in [2.24, 2.45) is 0 Å². The van der Waals surface area contributed by atoms with E-state index < -0.39 is 0 Å². The smallest absolute Gasteiger partial charge is 0.319 e. The minimum absolute atomic E-state index is 0.0936. The first-order valence-electron chi connectivity index (χ1n) is 9.42. The third kappa shape index (κ3) is 5.61. The highest BCUT2D eigenvalue weighted by atomic mass is 35.5. The third-order valence-electron chi connectivity index (χ3n) is 4.84. The van der Waals surface area contributed by atoms with Gasteiger partial charge >= 0.3 is 6.03 Å². The second-order valence-electron chi connectivity index (χ2n) is 6.99. The van der Waals surface area contributed by atoms with Crippen LogP contribution in [0.5, 0.6) is 0 Å². The molecule has 1 heterocycles. The van der Waals surface area contributed by atoms with Crippen molar-refractivity contribution >= 4 is 29.0 Å². The van der Waals surface area contributed by atoms with E-state index in [1.165, 1.54) is 5.56 Å². The van der Waals surface area contributed by atoms with Gasteiger partial charge in [0, 0.05) is 50.1 Å². The first-order valence-corrected chi connectivity index (χ1v) is 9.80. The number of benzene rings is 2. The first-order chi connectivity index (χ1) is 13.5. The van der Waals surface area contributed by atoms with Crippen LogP contribution in [-0.2, 0) is 4.74 Å². The maximum absolute atomic E-state index is 12.4. The molecule has 2 aromatic carbocycles. The summed E-state index contributed by atoms with van der Waals surface area (Å²) in [5.41, 5.74) is 3.04. The van der Waals surface area contributed by atoms with Crippen LogP contribution in [0.4, 0.5) is 16.2 Å². The van der Waals surface area contributed by atoms with Crippen LogP contribution in [0.3, 0.4) is 0 Å². The van der Waals surface area contributed by atoms with Crippen molar-refractivity contribution in [1.29, 1.82) is 0 Å². The molecule has 3 rings (SSSR count). The van der Waals surface area contributed by atoms with Gasteiger partial charge in [-0.2, -0.15) is 0 Å². The molecule has 1 aliphatic heterocycles. The summed E-state index contributed by atoms with van der Waals surface area (Å²) in [7, 11) is 4.05. The minimum Gasteiger partial charge on any atom is -0.379 e. The molecule has 0 spiro atoms. The van der Waals surface area contributed by atoms with Gasteiger partial charge in [0.05, 0.1) is 19.3 Å². The molecule has 7 heteroatoms. The van der Waals surface area contributed by atoms with Gasteiger partial charge in [0.1, 0.15) is 0 Å². The zero-order chi connectivity index (χ0) is 19.9. The lowest BCUT2D eigenvalue weighted by atomic mass is 10.0. The molecule has 6 nitrogen and oxygen atoms in total. The van der Waals surface area contributed by atoms with Crippen molar-refractivity contribution in [3.63, 3.8) is 0 Å². The molecule has 1 aliphatic rings. The van der Waals surface area contributed by atoms with Crippen molar-refractivity contribution in [2.45, 2.75) is 6.04 Å². The molecule has 150 valence electrons. The Morgan fingerprint density at radius 2 is 1.75 bits per heavy atom. The van der Waals surface area contributed by atoms with E-state index in [0.29, 0.717) is 30.5 Å². The Morgan fingerprint density at radius 1 is 1.11 bits per heavy atom. The van der Waals surface area contributed by atoms with E-state index in [1.807, 2.05) is 14.1 Å². The number of rotatable bonds is 6. The van der Waals surface area contributed by atoms with E-state index in [9.17, 15) is 4.79 Å². The monoisotopic (exact) mass is 402 g/mol. The molecule has 0 bridgehead atoms. The van der Waals surface area contributed by atoms with Crippen LogP contribution in [-0.4, -0.2) is 57.9 Å². The number of amides is 2. The van der Waals surface area contributed by atoms with Gasteiger partial charge in [0.25, 0.3) is 0 Å². The summed E-state index contributed by atoms with van der Waals surface area (Å²) in [5.74, 6) is 0. The molecule has 0 aliphatic carbocycles. The Kier molecular flexibility index (Phi) is 7.14. The lowest BCUT2D eigenvalue weighted by Gasteiger charge is -2.35. The third-order valence-corrected chi connectivity index (χ3v) is 5.09. The number of nitrogens with one attached hydrogen (secondary N) is 2. The summed E-state index contributed by atoms with van der Waals surface area (Å²) in [6.07, 6.45) is 0. The number of hydrogen-bond donors (Lipinski definition) is 2. The summed E-state index contributed by atoms with van der Waals surface area (Å²) in [6.45, 7) is 3.63. The molecule has 2 N–H and O–H groups in total. The van der Waals surface area contributed by atoms with E-state index in [0.717, 1.165) is 18.8 Å². The summed E-state index contributed by atoms with van der Waals surface area (Å²) in [4.78, 5) is 16.8. The van der Waals surface area contributed by atoms with Gasteiger partial charge in [0.2, 0.25) is 0 Å². The Morgan fingerprint density at radius 3 is 2.36 bits per heavy atom. The van der Waals surface area contributed by atoms with E-state index in [-0.39, 0.29) is 12.1 Å². The highest BCUT2D eigenvalue weighted by Crippen LogP contribution is 2.24. The van der Waals surface area contributed by atoms with Gasteiger partial charge in [-0.15, -0.1) is 0 Å². The van der Waals surface area contributed by atoms with Crippen LogP contribution in [0.25, 0.3) is 0 Å². The maximum atomic E-state index is 12.4. The summed E-state index contributed by atoms with van der Waals surface area (Å²) in [6, 6.07) is 15.4. The topological polar surface area (TPSA) is 56.8 Å². The van der Waals surface area contributed by atoms with Crippen molar-refractivity contribution in [2.75, 3.05) is 57.2 Å². The summed E-state index contributed by atoms with van der Waals surface area (Å²) < 4.78 is 5.49. The zero-order valence-electron chi connectivity index (χ0n) is 16.3. The number of nitrogens with zero attached hydrogens (tertiary/aromatic N) is 2. The number of halogens is 1. The molecule has 0 saturated carbocycles. The van der Waals surface area contributed by atoms with Gasteiger partial charge in [-0.1, -0.05) is 23.7 Å². The first kappa shape index (κ1) is 20.5. The van der Waals surface area contributed by atoms with E-state index in [1.54, 1.807) is 24.3 Å². The van der Waals surface area contributed by atoms with Gasteiger partial charge in [-0.3, -0.25) is 4.90 Å². The number of hydrogen-bond acceptors (Lipinski definition) is 4. The van der Waals surface area contributed by atoms with Crippen molar-refractivity contribution < 1.29 is 9.53 Å². The standard InChI is InChI=1S/C21H27ClN4O2/c1-25(2)19-9-3-16(4-10-19)20(26-11-13-28-14-12-26)15-23-21(27)24-18-7-5-17(22)6-8-18/h3-10,20H,11-15H2,1-2H3,(H2,23,24,27)/t20-/m1/s1. The fourth-order valence-corrected chi connectivity index (χ4v) is 3.37. The number of urea groups is 1. The number of carbonyl (C=O) groups excluding carboxylic acids is 1. The molecular formula is C21H27ClN4O2. The van der Waals surface area contributed by atoms with Gasteiger partial charge in [-0.25, -0.2) is 4.79 Å². The average molecular weight is 403 g/mol. The van der Waals surface area contributed by atoms with Crippen LogP contribution in [0, 0.1) is 0 Å². The lowest BCUT2D eigenvalue weighted by Crippen LogP contribution is -2.44. The van der Waals surface area contributed by atoms with E-state index in [2.05, 4.69) is 44.7 Å². The second-order valence-corrected chi connectivity index (χ2v) is 7.43. The molecule has 1 atom stereocenters. The van der Waals surface area contributed by atoms with Crippen molar-refractivity contribution in [3.8, 4) is 0 Å².